The fraction of sp³-hybridized carbons (Fsp3) is 0.0667. The van der Waals surface area contributed by atoms with E-state index in [1.165, 1.54) is 16.8 Å². The molecule has 0 N–H and O–H groups in total. The molecule has 0 aliphatic rings. The molecule has 0 unspecified atom stereocenters. The number of halogens is 2. The van der Waals surface area contributed by atoms with E-state index in [2.05, 4.69) is 20.9 Å². The van der Waals surface area contributed by atoms with Crippen LogP contribution in [0.4, 0.5) is 5.69 Å². The summed E-state index contributed by atoms with van der Waals surface area (Å²) in [7, 11) is 0. The molecule has 0 bridgehead atoms. The van der Waals surface area contributed by atoms with Crippen molar-refractivity contribution in [2.45, 2.75) is 6.54 Å². The van der Waals surface area contributed by atoms with Gasteiger partial charge in [0.1, 0.15) is 5.15 Å². The molecule has 1 aromatic carbocycles. The third-order valence-corrected chi connectivity index (χ3v) is 4.11. The fourth-order valence-electron chi connectivity index (χ4n) is 2.33. The van der Waals surface area contributed by atoms with E-state index >= 15 is 0 Å². The van der Waals surface area contributed by atoms with Crippen LogP contribution in [0.5, 0.6) is 0 Å². The molecule has 0 radical (unpaired) electrons. The molecule has 2 heterocycles. The van der Waals surface area contributed by atoms with Crippen molar-refractivity contribution in [3.8, 4) is 0 Å². The van der Waals surface area contributed by atoms with Gasteiger partial charge in [0.25, 0.3) is 11.2 Å². The van der Waals surface area contributed by atoms with Crippen molar-refractivity contribution < 1.29 is 4.92 Å². The highest BCUT2D eigenvalue weighted by Crippen LogP contribution is 2.22. The Balaban J connectivity index is 2.16. The number of fused-ring (bicyclic) bond motifs is 1. The van der Waals surface area contributed by atoms with Gasteiger partial charge in [-0.15, -0.1) is 0 Å². The zero-order chi connectivity index (χ0) is 16.6. The topological polar surface area (TPSA) is 78.0 Å². The SMILES string of the molecule is O=c1c(Br)cc([N+](=O)[O-])cn1Cc1cc(Cl)nc2ccccc12. The summed E-state index contributed by atoms with van der Waals surface area (Å²) in [4.78, 5) is 26.9. The Morgan fingerprint density at radius 2 is 2.04 bits per heavy atom. The predicted octanol–water partition coefficient (Wildman–Crippen LogP) is 3.77. The minimum atomic E-state index is -0.543. The van der Waals surface area contributed by atoms with Crippen LogP contribution in [0.2, 0.25) is 5.15 Å². The van der Waals surface area contributed by atoms with Crippen LogP contribution in [-0.4, -0.2) is 14.5 Å². The lowest BCUT2D eigenvalue weighted by atomic mass is 10.1. The molecular weight excluding hydrogens is 386 g/mol. The van der Waals surface area contributed by atoms with Gasteiger partial charge in [0.2, 0.25) is 0 Å². The van der Waals surface area contributed by atoms with Crippen LogP contribution in [0.3, 0.4) is 0 Å². The summed E-state index contributed by atoms with van der Waals surface area (Å²) in [5.74, 6) is 0. The second-order valence-corrected chi connectivity index (χ2v) is 6.10. The highest BCUT2D eigenvalue weighted by Gasteiger charge is 2.14. The first-order valence-corrected chi connectivity index (χ1v) is 7.71. The smallest absolute Gasteiger partial charge is 0.286 e. The van der Waals surface area contributed by atoms with Gasteiger partial charge < -0.3 is 4.57 Å². The van der Waals surface area contributed by atoms with Gasteiger partial charge in [-0.1, -0.05) is 29.8 Å². The maximum Gasteiger partial charge on any atom is 0.286 e. The number of rotatable bonds is 3. The van der Waals surface area contributed by atoms with Crippen molar-refractivity contribution in [2.24, 2.45) is 0 Å². The van der Waals surface area contributed by atoms with E-state index in [-0.39, 0.29) is 22.3 Å². The number of hydrogen-bond acceptors (Lipinski definition) is 4. The lowest BCUT2D eigenvalue weighted by Crippen LogP contribution is -2.21. The Kier molecular flexibility index (Phi) is 4.14. The summed E-state index contributed by atoms with van der Waals surface area (Å²) in [6.45, 7) is 0.155. The number of aromatic nitrogens is 2. The average molecular weight is 395 g/mol. The van der Waals surface area contributed by atoms with E-state index in [4.69, 9.17) is 11.6 Å². The average Bonchev–Trinajstić information content (AvgIpc) is 2.51. The van der Waals surface area contributed by atoms with Crippen LogP contribution >= 0.6 is 27.5 Å². The molecule has 0 atom stereocenters. The molecule has 0 aliphatic carbocycles. The number of hydrogen-bond donors (Lipinski definition) is 0. The molecule has 0 fully saturated rings. The van der Waals surface area contributed by atoms with Gasteiger partial charge in [0, 0.05) is 11.5 Å². The molecule has 6 nitrogen and oxygen atoms in total. The van der Waals surface area contributed by atoms with E-state index in [1.807, 2.05) is 24.3 Å². The van der Waals surface area contributed by atoms with Crippen LogP contribution in [0, 0.1) is 10.1 Å². The van der Waals surface area contributed by atoms with Crippen LogP contribution < -0.4 is 5.56 Å². The summed E-state index contributed by atoms with van der Waals surface area (Å²) in [6, 6.07) is 10.2. The number of nitro groups is 1. The van der Waals surface area contributed by atoms with Crippen LogP contribution in [0.25, 0.3) is 10.9 Å². The molecule has 0 saturated heterocycles. The van der Waals surface area contributed by atoms with Gasteiger partial charge in [-0.25, -0.2) is 4.98 Å². The first-order chi connectivity index (χ1) is 11.0. The first kappa shape index (κ1) is 15.6. The monoisotopic (exact) mass is 393 g/mol. The van der Waals surface area contributed by atoms with E-state index in [9.17, 15) is 14.9 Å². The molecule has 0 amide bonds. The lowest BCUT2D eigenvalue weighted by Gasteiger charge is -2.10. The normalized spacial score (nSPS) is 10.9. The molecule has 3 rings (SSSR count). The van der Waals surface area contributed by atoms with Crippen molar-refractivity contribution in [3.05, 3.63) is 78.3 Å². The third-order valence-electron chi connectivity index (χ3n) is 3.35. The van der Waals surface area contributed by atoms with Crippen molar-refractivity contribution in [1.29, 1.82) is 0 Å². The Morgan fingerprint density at radius 1 is 1.30 bits per heavy atom. The first-order valence-electron chi connectivity index (χ1n) is 6.54. The highest BCUT2D eigenvalue weighted by atomic mass is 79.9. The second kappa shape index (κ2) is 6.10. The zero-order valence-corrected chi connectivity index (χ0v) is 13.9. The summed E-state index contributed by atoms with van der Waals surface area (Å²) < 4.78 is 1.41. The summed E-state index contributed by atoms with van der Waals surface area (Å²) >= 11 is 9.09. The Labute approximate surface area is 143 Å². The minimum Gasteiger partial charge on any atom is -0.303 e. The maximum absolute atomic E-state index is 12.2. The number of benzene rings is 1. The van der Waals surface area contributed by atoms with Crippen LogP contribution in [0.15, 0.2) is 51.9 Å². The van der Waals surface area contributed by atoms with Gasteiger partial charge in [-0.05, 0) is 33.6 Å². The van der Waals surface area contributed by atoms with Gasteiger partial charge in [0.05, 0.1) is 27.7 Å². The Hall–Kier alpha value is -2.25. The molecule has 0 aliphatic heterocycles. The molecule has 23 heavy (non-hydrogen) atoms. The van der Waals surface area contributed by atoms with Gasteiger partial charge in [0.15, 0.2) is 0 Å². The van der Waals surface area contributed by atoms with Crippen molar-refractivity contribution >= 4 is 44.1 Å². The lowest BCUT2D eigenvalue weighted by molar-refractivity contribution is -0.385. The van der Waals surface area contributed by atoms with Crippen LogP contribution in [-0.2, 0) is 6.54 Å². The summed E-state index contributed by atoms with van der Waals surface area (Å²) in [5.41, 5.74) is 0.941. The molecule has 8 heteroatoms. The van der Waals surface area contributed by atoms with Gasteiger partial charge in [-0.2, -0.15) is 0 Å². The third kappa shape index (κ3) is 3.11. The van der Waals surface area contributed by atoms with E-state index in [0.29, 0.717) is 10.7 Å². The van der Waals surface area contributed by atoms with E-state index in [1.54, 1.807) is 6.07 Å². The van der Waals surface area contributed by atoms with E-state index < -0.39 is 4.92 Å². The minimum absolute atomic E-state index is 0.135. The number of pyridine rings is 2. The zero-order valence-electron chi connectivity index (χ0n) is 11.6. The summed E-state index contributed by atoms with van der Waals surface area (Å²) in [5, 5.41) is 12.1. The second-order valence-electron chi connectivity index (χ2n) is 4.86. The predicted molar refractivity (Wildman–Crippen MR) is 90.9 cm³/mol. The standard InChI is InChI=1S/C15H9BrClN3O3/c16-12-6-10(20(22)23)8-19(15(12)21)7-9-5-14(17)18-13-4-2-1-3-11(9)13/h1-6,8H,7H2. The molecular formula is C15H9BrClN3O3. The summed E-state index contributed by atoms with van der Waals surface area (Å²) in [6.07, 6.45) is 1.22. The van der Waals surface area contributed by atoms with Gasteiger partial charge in [-0.3, -0.25) is 14.9 Å². The Bertz CT molecular complexity index is 987. The highest BCUT2D eigenvalue weighted by molar-refractivity contribution is 9.10. The molecule has 0 spiro atoms. The van der Waals surface area contributed by atoms with Crippen LogP contribution in [0.1, 0.15) is 5.56 Å². The molecule has 2 aromatic heterocycles. The largest absolute Gasteiger partial charge is 0.303 e. The fourth-order valence-corrected chi connectivity index (χ4v) is 3.01. The van der Waals surface area contributed by atoms with Gasteiger partial charge >= 0.3 is 0 Å². The number of para-hydroxylation sites is 1. The molecule has 0 saturated carbocycles. The van der Waals surface area contributed by atoms with Crippen molar-refractivity contribution in [2.75, 3.05) is 0 Å². The Morgan fingerprint density at radius 3 is 2.78 bits per heavy atom. The molecule has 3 aromatic rings. The maximum atomic E-state index is 12.2. The molecule has 116 valence electrons. The quantitative estimate of drug-likeness (QED) is 0.385. The van der Waals surface area contributed by atoms with Crippen molar-refractivity contribution in [1.82, 2.24) is 9.55 Å². The van der Waals surface area contributed by atoms with Crippen molar-refractivity contribution in [3.63, 3.8) is 0 Å². The van der Waals surface area contributed by atoms with E-state index in [0.717, 1.165) is 10.9 Å². The number of nitrogens with zero attached hydrogens (tertiary/aromatic N) is 3.